The van der Waals surface area contributed by atoms with E-state index in [9.17, 15) is 4.79 Å². The normalized spacial score (nSPS) is 10.9. The topological polar surface area (TPSA) is 42.0 Å². The number of hydrogen-bond acceptors (Lipinski definition) is 2. The van der Waals surface area contributed by atoms with Crippen LogP contribution in [0.15, 0.2) is 91.0 Å². The Morgan fingerprint density at radius 3 is 2.11 bits per heavy atom. The van der Waals surface area contributed by atoms with Crippen molar-refractivity contribution in [3.63, 3.8) is 0 Å². The number of aryl methyl sites for hydroxylation is 1. The van der Waals surface area contributed by atoms with Crippen molar-refractivity contribution in [2.45, 2.75) is 19.3 Å². The Labute approximate surface area is 165 Å². The van der Waals surface area contributed by atoms with Gasteiger partial charge in [-0.3, -0.25) is 9.78 Å². The lowest BCUT2D eigenvalue weighted by Gasteiger charge is -2.18. The predicted octanol–water partition coefficient (Wildman–Crippen LogP) is 5.70. The van der Waals surface area contributed by atoms with Crippen molar-refractivity contribution < 1.29 is 4.79 Å². The van der Waals surface area contributed by atoms with Crippen molar-refractivity contribution in [1.82, 2.24) is 4.98 Å². The van der Waals surface area contributed by atoms with E-state index in [2.05, 4.69) is 34.6 Å². The zero-order chi connectivity index (χ0) is 19.3. The maximum absolute atomic E-state index is 13.0. The van der Waals surface area contributed by atoms with E-state index in [4.69, 9.17) is 0 Å². The van der Waals surface area contributed by atoms with Gasteiger partial charge in [-0.05, 0) is 30.2 Å². The SMILES string of the molecule is Cc1ccc2cccc(NC(=O)CC(c3ccccc3)c3ccccc3)c2n1. The number of hydrogen-bond donors (Lipinski definition) is 1. The Morgan fingerprint density at radius 1 is 0.821 bits per heavy atom. The van der Waals surface area contributed by atoms with Crippen molar-refractivity contribution in [3.05, 3.63) is 108 Å². The summed E-state index contributed by atoms with van der Waals surface area (Å²) in [6, 6.07) is 30.2. The van der Waals surface area contributed by atoms with Crippen LogP contribution in [0.1, 0.15) is 29.2 Å². The molecule has 3 heteroatoms. The van der Waals surface area contributed by atoms with E-state index in [1.807, 2.05) is 73.7 Å². The summed E-state index contributed by atoms with van der Waals surface area (Å²) in [5.41, 5.74) is 4.78. The maximum Gasteiger partial charge on any atom is 0.225 e. The van der Waals surface area contributed by atoms with Crippen molar-refractivity contribution in [3.8, 4) is 0 Å². The molecule has 0 radical (unpaired) electrons. The molecule has 1 heterocycles. The molecule has 28 heavy (non-hydrogen) atoms. The molecule has 0 spiro atoms. The molecule has 3 nitrogen and oxygen atoms in total. The summed E-state index contributed by atoms with van der Waals surface area (Å²) in [5, 5.41) is 4.10. The highest BCUT2D eigenvalue weighted by atomic mass is 16.1. The number of benzene rings is 3. The molecule has 0 saturated heterocycles. The minimum absolute atomic E-state index is 0.00655. The van der Waals surface area contributed by atoms with Crippen LogP contribution in [-0.4, -0.2) is 10.9 Å². The summed E-state index contributed by atoms with van der Waals surface area (Å²) < 4.78 is 0. The standard InChI is InChI=1S/C25H22N2O/c1-18-15-16-21-13-8-14-23(25(21)26-18)27-24(28)17-22(19-9-4-2-5-10-19)20-11-6-3-7-12-20/h2-16,22H,17H2,1H3,(H,27,28). The van der Waals surface area contributed by atoms with E-state index >= 15 is 0 Å². The highest BCUT2D eigenvalue weighted by Crippen LogP contribution is 2.29. The number of nitrogens with zero attached hydrogens (tertiary/aromatic N) is 1. The average molecular weight is 366 g/mol. The van der Waals surface area contributed by atoms with Crippen LogP contribution in [-0.2, 0) is 4.79 Å². The molecule has 0 atom stereocenters. The molecule has 0 aliphatic rings. The molecule has 4 aromatic rings. The third kappa shape index (κ3) is 3.94. The quantitative estimate of drug-likeness (QED) is 0.492. The van der Waals surface area contributed by atoms with Crippen molar-refractivity contribution in [1.29, 1.82) is 0 Å². The van der Waals surface area contributed by atoms with Gasteiger partial charge >= 0.3 is 0 Å². The molecule has 1 N–H and O–H groups in total. The van der Waals surface area contributed by atoms with Crippen molar-refractivity contribution in [2.75, 3.05) is 5.32 Å². The lowest BCUT2D eigenvalue weighted by Crippen LogP contribution is -2.17. The fraction of sp³-hybridized carbons (Fsp3) is 0.120. The molecule has 0 aliphatic heterocycles. The van der Waals surface area contributed by atoms with Gasteiger partial charge in [-0.2, -0.15) is 0 Å². The van der Waals surface area contributed by atoms with Crippen LogP contribution in [0, 0.1) is 6.92 Å². The summed E-state index contributed by atoms with van der Waals surface area (Å²) in [6.07, 6.45) is 0.371. The van der Waals surface area contributed by atoms with Gasteiger partial charge in [0.25, 0.3) is 0 Å². The van der Waals surface area contributed by atoms with Crippen molar-refractivity contribution in [2.24, 2.45) is 0 Å². The fourth-order valence-electron chi connectivity index (χ4n) is 3.53. The lowest BCUT2D eigenvalue weighted by atomic mass is 9.88. The number of rotatable bonds is 5. The Bertz CT molecular complexity index is 1050. The molecular formula is C25H22N2O. The van der Waals surface area contributed by atoms with Gasteiger partial charge in [-0.1, -0.05) is 78.9 Å². The van der Waals surface area contributed by atoms with Gasteiger partial charge in [-0.25, -0.2) is 0 Å². The number of aromatic nitrogens is 1. The van der Waals surface area contributed by atoms with E-state index in [0.29, 0.717) is 6.42 Å². The van der Waals surface area contributed by atoms with Crippen LogP contribution in [0.25, 0.3) is 10.9 Å². The highest BCUT2D eigenvalue weighted by Gasteiger charge is 2.18. The first-order valence-corrected chi connectivity index (χ1v) is 9.47. The minimum Gasteiger partial charge on any atom is -0.324 e. The predicted molar refractivity (Wildman–Crippen MR) is 114 cm³/mol. The summed E-state index contributed by atoms with van der Waals surface area (Å²) in [5.74, 6) is -0.0133. The monoisotopic (exact) mass is 366 g/mol. The summed E-state index contributed by atoms with van der Waals surface area (Å²) >= 11 is 0. The van der Waals surface area contributed by atoms with Gasteiger partial charge in [0.05, 0.1) is 11.2 Å². The Morgan fingerprint density at radius 2 is 1.46 bits per heavy atom. The van der Waals surface area contributed by atoms with Crippen LogP contribution in [0.2, 0.25) is 0 Å². The molecule has 0 aliphatic carbocycles. The number of carbonyl (C=O) groups excluding carboxylic acids is 1. The van der Waals surface area contributed by atoms with Gasteiger partial charge < -0.3 is 5.32 Å². The van der Waals surface area contributed by atoms with E-state index in [0.717, 1.165) is 33.4 Å². The van der Waals surface area contributed by atoms with Crippen LogP contribution in [0.3, 0.4) is 0 Å². The smallest absolute Gasteiger partial charge is 0.225 e. The zero-order valence-corrected chi connectivity index (χ0v) is 15.8. The molecular weight excluding hydrogens is 344 g/mol. The van der Waals surface area contributed by atoms with Gasteiger partial charge in [0.1, 0.15) is 0 Å². The second-order valence-corrected chi connectivity index (χ2v) is 6.96. The summed E-state index contributed by atoms with van der Waals surface area (Å²) in [4.78, 5) is 17.6. The second-order valence-electron chi connectivity index (χ2n) is 6.96. The molecule has 0 fully saturated rings. The minimum atomic E-state index is -0.0199. The molecule has 0 unspecified atom stereocenters. The second kappa shape index (κ2) is 8.05. The van der Waals surface area contributed by atoms with E-state index in [1.165, 1.54) is 0 Å². The molecule has 3 aromatic carbocycles. The number of fused-ring (bicyclic) bond motifs is 1. The zero-order valence-electron chi connectivity index (χ0n) is 15.8. The molecule has 0 saturated carbocycles. The lowest BCUT2D eigenvalue weighted by molar-refractivity contribution is -0.116. The number of amides is 1. The number of carbonyl (C=O) groups is 1. The molecule has 1 amide bonds. The van der Waals surface area contributed by atoms with Gasteiger partial charge in [-0.15, -0.1) is 0 Å². The Hall–Kier alpha value is -3.46. The molecule has 0 bridgehead atoms. The van der Waals surface area contributed by atoms with E-state index in [1.54, 1.807) is 0 Å². The third-order valence-corrected chi connectivity index (χ3v) is 4.93. The van der Waals surface area contributed by atoms with Crippen molar-refractivity contribution >= 4 is 22.5 Å². The van der Waals surface area contributed by atoms with Gasteiger partial charge in [0.2, 0.25) is 5.91 Å². The Balaban J connectivity index is 1.62. The first-order valence-electron chi connectivity index (χ1n) is 9.47. The van der Waals surface area contributed by atoms with E-state index in [-0.39, 0.29) is 11.8 Å². The first kappa shape index (κ1) is 17.9. The van der Waals surface area contributed by atoms with Crippen LogP contribution in [0.4, 0.5) is 5.69 Å². The average Bonchev–Trinajstić information content (AvgIpc) is 2.74. The number of pyridine rings is 1. The number of anilines is 1. The van der Waals surface area contributed by atoms with E-state index < -0.39 is 0 Å². The number of nitrogens with one attached hydrogen (secondary N) is 1. The van der Waals surface area contributed by atoms with Gasteiger partial charge in [0, 0.05) is 23.4 Å². The van der Waals surface area contributed by atoms with Crippen LogP contribution >= 0.6 is 0 Å². The summed E-state index contributed by atoms with van der Waals surface area (Å²) in [7, 11) is 0. The van der Waals surface area contributed by atoms with Gasteiger partial charge in [0.15, 0.2) is 0 Å². The molecule has 1 aromatic heterocycles. The highest BCUT2D eigenvalue weighted by molar-refractivity contribution is 6.00. The van der Waals surface area contributed by atoms with Crippen LogP contribution in [0.5, 0.6) is 0 Å². The molecule has 138 valence electrons. The Kier molecular flexibility index (Phi) is 5.16. The largest absolute Gasteiger partial charge is 0.324 e. The fourth-order valence-corrected chi connectivity index (χ4v) is 3.53. The first-order chi connectivity index (χ1) is 13.7. The summed E-state index contributed by atoms with van der Waals surface area (Å²) in [6.45, 7) is 1.96. The van der Waals surface area contributed by atoms with Crippen LogP contribution < -0.4 is 5.32 Å². The third-order valence-electron chi connectivity index (χ3n) is 4.93. The molecule has 4 rings (SSSR count). The maximum atomic E-state index is 13.0. The number of para-hydroxylation sites is 1.